The maximum atomic E-state index is 12.0. The van der Waals surface area contributed by atoms with Crippen molar-refractivity contribution in [3.8, 4) is 0 Å². The van der Waals surface area contributed by atoms with E-state index < -0.39 is 0 Å². The monoisotopic (exact) mass is 311 g/mol. The molecule has 1 fully saturated rings. The zero-order valence-corrected chi connectivity index (χ0v) is 13.2. The van der Waals surface area contributed by atoms with Crippen LogP contribution in [0.5, 0.6) is 0 Å². The highest BCUT2D eigenvalue weighted by atomic mass is 35.5. The second-order valence-electron chi connectivity index (χ2n) is 5.17. The van der Waals surface area contributed by atoms with Crippen LogP contribution < -0.4 is 16.0 Å². The number of carbonyl (C=O) groups is 2. The fourth-order valence-electron chi connectivity index (χ4n) is 2.45. The summed E-state index contributed by atoms with van der Waals surface area (Å²) in [5, 5.41) is 8.72. The van der Waals surface area contributed by atoms with Gasteiger partial charge in [-0.3, -0.25) is 9.59 Å². The third-order valence-electron chi connectivity index (χ3n) is 3.52. The van der Waals surface area contributed by atoms with Crippen molar-refractivity contribution in [2.75, 3.05) is 18.9 Å². The summed E-state index contributed by atoms with van der Waals surface area (Å²) in [7, 11) is 1.58. The average molecular weight is 312 g/mol. The number of anilines is 1. The quantitative estimate of drug-likeness (QED) is 0.795. The molecular weight excluding hydrogens is 290 g/mol. The molecule has 0 saturated carbocycles. The van der Waals surface area contributed by atoms with Gasteiger partial charge in [0, 0.05) is 19.5 Å². The Labute approximate surface area is 131 Å². The summed E-state index contributed by atoms with van der Waals surface area (Å²) in [5.41, 5.74) is 2.05. The van der Waals surface area contributed by atoms with Gasteiger partial charge >= 0.3 is 0 Å². The van der Waals surface area contributed by atoms with E-state index in [-0.39, 0.29) is 30.3 Å². The summed E-state index contributed by atoms with van der Waals surface area (Å²) in [6.07, 6.45) is 2.59. The summed E-state index contributed by atoms with van der Waals surface area (Å²) in [5.74, 6) is -0.249. The Morgan fingerprint density at radius 1 is 1.38 bits per heavy atom. The highest BCUT2D eigenvalue weighted by Crippen LogP contribution is 2.18. The number of rotatable bonds is 4. The first kappa shape index (κ1) is 17.5. The SMILES string of the molecule is CNC(=O)c1cc(C)ccc1NC(=O)CC1CCCN1.Cl. The van der Waals surface area contributed by atoms with Gasteiger partial charge in [0.05, 0.1) is 11.3 Å². The zero-order valence-electron chi connectivity index (χ0n) is 12.4. The van der Waals surface area contributed by atoms with Crippen molar-refractivity contribution in [3.63, 3.8) is 0 Å². The molecule has 0 spiro atoms. The van der Waals surface area contributed by atoms with Crippen LogP contribution >= 0.6 is 12.4 Å². The van der Waals surface area contributed by atoms with Gasteiger partial charge in [-0.15, -0.1) is 12.4 Å². The minimum absolute atomic E-state index is 0. The van der Waals surface area contributed by atoms with Gasteiger partial charge < -0.3 is 16.0 Å². The van der Waals surface area contributed by atoms with Gasteiger partial charge in [0.25, 0.3) is 5.91 Å². The molecule has 0 bridgehead atoms. The molecule has 1 aliphatic rings. The second-order valence-corrected chi connectivity index (χ2v) is 5.17. The van der Waals surface area contributed by atoms with Crippen molar-refractivity contribution in [1.29, 1.82) is 0 Å². The Morgan fingerprint density at radius 3 is 2.76 bits per heavy atom. The standard InChI is InChI=1S/C15H21N3O2.ClH/c1-10-5-6-13(12(8-10)15(20)16-2)18-14(19)9-11-4-3-7-17-11;/h5-6,8,11,17H,3-4,7,9H2,1-2H3,(H,16,20)(H,18,19);1H. The first-order valence-corrected chi connectivity index (χ1v) is 6.96. The molecule has 116 valence electrons. The van der Waals surface area contributed by atoms with Crippen molar-refractivity contribution < 1.29 is 9.59 Å². The second kappa shape index (κ2) is 8.00. The highest BCUT2D eigenvalue weighted by Gasteiger charge is 2.19. The lowest BCUT2D eigenvalue weighted by Crippen LogP contribution is -2.28. The van der Waals surface area contributed by atoms with E-state index >= 15 is 0 Å². The summed E-state index contributed by atoms with van der Waals surface area (Å²) < 4.78 is 0. The summed E-state index contributed by atoms with van der Waals surface area (Å²) in [6, 6.07) is 5.70. The van der Waals surface area contributed by atoms with Gasteiger partial charge in [-0.1, -0.05) is 11.6 Å². The fraction of sp³-hybridized carbons (Fsp3) is 0.467. The van der Waals surface area contributed by atoms with Gasteiger partial charge in [0.1, 0.15) is 0 Å². The van der Waals surface area contributed by atoms with Crippen LogP contribution in [0.2, 0.25) is 0 Å². The molecule has 1 aromatic rings. The van der Waals surface area contributed by atoms with Crippen LogP contribution in [-0.2, 0) is 4.79 Å². The minimum atomic E-state index is -0.192. The number of carbonyl (C=O) groups excluding carboxylic acids is 2. The Hall–Kier alpha value is -1.59. The number of amides is 2. The first-order chi connectivity index (χ1) is 9.60. The lowest BCUT2D eigenvalue weighted by atomic mass is 10.1. The lowest BCUT2D eigenvalue weighted by molar-refractivity contribution is -0.116. The molecule has 1 heterocycles. The molecule has 2 amide bonds. The third-order valence-corrected chi connectivity index (χ3v) is 3.52. The molecule has 0 aromatic heterocycles. The Balaban J connectivity index is 0.00000220. The van der Waals surface area contributed by atoms with Gasteiger partial charge in [-0.05, 0) is 38.4 Å². The molecule has 1 unspecified atom stereocenters. The number of nitrogens with one attached hydrogen (secondary N) is 3. The van der Waals surface area contributed by atoms with E-state index in [2.05, 4.69) is 16.0 Å². The smallest absolute Gasteiger partial charge is 0.253 e. The van der Waals surface area contributed by atoms with Crippen LogP contribution in [0.15, 0.2) is 18.2 Å². The molecule has 21 heavy (non-hydrogen) atoms. The molecule has 0 radical (unpaired) electrons. The number of hydrogen-bond donors (Lipinski definition) is 3. The molecule has 0 aliphatic carbocycles. The number of benzene rings is 1. The molecule has 5 nitrogen and oxygen atoms in total. The van der Waals surface area contributed by atoms with Crippen LogP contribution in [-0.4, -0.2) is 31.4 Å². The summed E-state index contributed by atoms with van der Waals surface area (Å²) >= 11 is 0. The van der Waals surface area contributed by atoms with Crippen molar-refractivity contribution in [3.05, 3.63) is 29.3 Å². The molecule has 1 aliphatic heterocycles. The zero-order chi connectivity index (χ0) is 14.5. The van der Waals surface area contributed by atoms with Crippen LogP contribution in [0.25, 0.3) is 0 Å². The van der Waals surface area contributed by atoms with Crippen LogP contribution in [0.3, 0.4) is 0 Å². The molecule has 1 atom stereocenters. The normalized spacial score (nSPS) is 17.0. The Morgan fingerprint density at radius 2 is 2.14 bits per heavy atom. The molecule has 1 aromatic carbocycles. The maximum Gasteiger partial charge on any atom is 0.253 e. The van der Waals surface area contributed by atoms with E-state index in [0.717, 1.165) is 24.9 Å². The van der Waals surface area contributed by atoms with E-state index in [1.807, 2.05) is 13.0 Å². The van der Waals surface area contributed by atoms with Crippen molar-refractivity contribution in [1.82, 2.24) is 10.6 Å². The third kappa shape index (κ3) is 4.72. The van der Waals surface area contributed by atoms with E-state index in [0.29, 0.717) is 17.7 Å². The van der Waals surface area contributed by atoms with Crippen molar-refractivity contribution in [2.24, 2.45) is 0 Å². The van der Waals surface area contributed by atoms with Gasteiger partial charge in [-0.2, -0.15) is 0 Å². The number of aryl methyl sites for hydroxylation is 1. The Bertz CT molecular complexity index is 514. The predicted octanol–water partition coefficient (Wildman–Crippen LogP) is 1.86. The van der Waals surface area contributed by atoms with Gasteiger partial charge in [0.15, 0.2) is 0 Å². The fourth-order valence-corrected chi connectivity index (χ4v) is 2.45. The van der Waals surface area contributed by atoms with Gasteiger partial charge in [0.2, 0.25) is 5.91 Å². The summed E-state index contributed by atoms with van der Waals surface area (Å²) in [4.78, 5) is 23.9. The average Bonchev–Trinajstić information content (AvgIpc) is 2.92. The Kier molecular flexibility index (Phi) is 6.65. The van der Waals surface area contributed by atoms with Gasteiger partial charge in [-0.25, -0.2) is 0 Å². The van der Waals surface area contributed by atoms with E-state index in [1.165, 1.54) is 0 Å². The largest absolute Gasteiger partial charge is 0.355 e. The topological polar surface area (TPSA) is 70.2 Å². The lowest BCUT2D eigenvalue weighted by Gasteiger charge is -2.13. The molecule has 1 saturated heterocycles. The van der Waals surface area contributed by atoms with Crippen LogP contribution in [0.4, 0.5) is 5.69 Å². The molecule has 3 N–H and O–H groups in total. The minimum Gasteiger partial charge on any atom is -0.355 e. The highest BCUT2D eigenvalue weighted by molar-refractivity contribution is 6.03. The molecule has 6 heteroatoms. The number of halogens is 1. The molecule has 2 rings (SSSR count). The van der Waals surface area contributed by atoms with Crippen LogP contribution in [0, 0.1) is 6.92 Å². The van der Waals surface area contributed by atoms with Crippen LogP contribution in [0.1, 0.15) is 35.2 Å². The van der Waals surface area contributed by atoms with E-state index in [9.17, 15) is 9.59 Å². The first-order valence-electron chi connectivity index (χ1n) is 6.96. The van der Waals surface area contributed by atoms with E-state index in [4.69, 9.17) is 0 Å². The maximum absolute atomic E-state index is 12.0. The predicted molar refractivity (Wildman–Crippen MR) is 86.1 cm³/mol. The summed E-state index contributed by atoms with van der Waals surface area (Å²) in [6.45, 7) is 2.90. The number of hydrogen-bond acceptors (Lipinski definition) is 3. The van der Waals surface area contributed by atoms with Crippen molar-refractivity contribution >= 4 is 29.9 Å². The van der Waals surface area contributed by atoms with Crippen molar-refractivity contribution in [2.45, 2.75) is 32.2 Å². The van der Waals surface area contributed by atoms with E-state index in [1.54, 1.807) is 19.2 Å². The molecular formula is C15H22ClN3O2.